The Kier molecular flexibility index (Phi) is 4.04. The van der Waals surface area contributed by atoms with Crippen LogP contribution in [0.15, 0.2) is 29.6 Å². The normalized spacial score (nSPS) is 18.6. The minimum atomic E-state index is -1.06. The van der Waals surface area contributed by atoms with Crippen molar-refractivity contribution in [3.63, 3.8) is 0 Å². The number of aromatic nitrogens is 2. The van der Waals surface area contributed by atoms with Crippen LogP contribution in [0.5, 0.6) is 0 Å². The van der Waals surface area contributed by atoms with Gasteiger partial charge >= 0.3 is 5.97 Å². The first kappa shape index (κ1) is 14.9. The summed E-state index contributed by atoms with van der Waals surface area (Å²) in [6.07, 6.45) is 2.77. The first-order valence-corrected chi connectivity index (χ1v) is 7.99. The highest BCUT2D eigenvalue weighted by molar-refractivity contribution is 7.98. The Morgan fingerprint density at radius 1 is 1.45 bits per heavy atom. The largest absolute Gasteiger partial charge is 0.479 e. The van der Waals surface area contributed by atoms with Gasteiger partial charge in [0.25, 0.3) is 5.91 Å². The lowest BCUT2D eigenvalue weighted by Gasteiger charge is -2.30. The third kappa shape index (κ3) is 2.55. The summed E-state index contributed by atoms with van der Waals surface area (Å²) in [6.45, 7) is 0.613. The molecule has 0 saturated carbocycles. The number of carboxylic acid groups (broad SMARTS) is 1. The molecule has 8 heteroatoms. The Morgan fingerprint density at radius 3 is 3.00 bits per heavy atom. The van der Waals surface area contributed by atoms with Gasteiger partial charge in [-0.1, -0.05) is 17.8 Å². The van der Waals surface area contributed by atoms with Gasteiger partial charge in [-0.3, -0.25) is 9.20 Å². The number of fused-ring (bicyclic) bond motifs is 1. The SMILES string of the molecule is CSc1nc(C(=O)N2CCOC(C(=O)O)C2)c2ccccn12. The molecule has 1 saturated heterocycles. The molecule has 1 aliphatic heterocycles. The van der Waals surface area contributed by atoms with Gasteiger partial charge in [-0.25, -0.2) is 9.78 Å². The number of ether oxygens (including phenoxy) is 1. The maximum absolute atomic E-state index is 12.7. The molecule has 0 aromatic carbocycles. The molecule has 0 aliphatic carbocycles. The molecular weight excluding hydrogens is 306 g/mol. The molecule has 7 nitrogen and oxygen atoms in total. The number of carbonyl (C=O) groups is 2. The number of rotatable bonds is 3. The van der Waals surface area contributed by atoms with E-state index >= 15 is 0 Å². The number of morpholine rings is 1. The van der Waals surface area contributed by atoms with E-state index in [9.17, 15) is 9.59 Å². The quantitative estimate of drug-likeness (QED) is 0.849. The number of carbonyl (C=O) groups excluding carboxylic acids is 1. The van der Waals surface area contributed by atoms with Crippen LogP contribution in [0.1, 0.15) is 10.5 Å². The van der Waals surface area contributed by atoms with E-state index in [1.165, 1.54) is 16.7 Å². The zero-order valence-corrected chi connectivity index (χ0v) is 12.7. The maximum Gasteiger partial charge on any atom is 0.334 e. The predicted octanol–water partition coefficient (Wildman–Crippen LogP) is 0.982. The highest BCUT2D eigenvalue weighted by Crippen LogP contribution is 2.21. The van der Waals surface area contributed by atoms with E-state index in [1.54, 1.807) is 0 Å². The molecule has 22 heavy (non-hydrogen) atoms. The molecule has 0 spiro atoms. The molecular formula is C14H15N3O4S. The molecule has 116 valence electrons. The average Bonchev–Trinajstić information content (AvgIpc) is 2.93. The van der Waals surface area contributed by atoms with Crippen LogP contribution in [0, 0.1) is 0 Å². The van der Waals surface area contributed by atoms with Crippen molar-refractivity contribution in [1.29, 1.82) is 0 Å². The number of carboxylic acids is 1. The minimum absolute atomic E-state index is 0.0363. The van der Waals surface area contributed by atoms with Crippen molar-refractivity contribution in [2.75, 3.05) is 26.0 Å². The summed E-state index contributed by atoms with van der Waals surface area (Å²) in [6, 6.07) is 5.55. The van der Waals surface area contributed by atoms with E-state index in [1.807, 2.05) is 35.1 Å². The van der Waals surface area contributed by atoms with Crippen LogP contribution in [-0.2, 0) is 9.53 Å². The second-order valence-electron chi connectivity index (χ2n) is 4.85. The van der Waals surface area contributed by atoms with Crippen LogP contribution in [0.25, 0.3) is 5.52 Å². The molecule has 0 radical (unpaired) electrons. The van der Waals surface area contributed by atoms with Crippen LogP contribution in [0.2, 0.25) is 0 Å². The smallest absolute Gasteiger partial charge is 0.334 e. The van der Waals surface area contributed by atoms with E-state index in [0.717, 1.165) is 10.7 Å². The van der Waals surface area contributed by atoms with Crippen molar-refractivity contribution >= 4 is 29.2 Å². The lowest BCUT2D eigenvalue weighted by molar-refractivity contribution is -0.154. The van der Waals surface area contributed by atoms with Crippen LogP contribution in [-0.4, -0.2) is 63.3 Å². The predicted molar refractivity (Wildman–Crippen MR) is 80.3 cm³/mol. The number of aliphatic carboxylic acids is 1. The molecule has 1 aliphatic rings. The summed E-state index contributed by atoms with van der Waals surface area (Å²) in [5.74, 6) is -1.32. The Hall–Kier alpha value is -2.06. The Labute approximate surface area is 130 Å². The van der Waals surface area contributed by atoms with Crippen LogP contribution in [0.4, 0.5) is 0 Å². The number of imidazole rings is 1. The van der Waals surface area contributed by atoms with Gasteiger partial charge in [0.15, 0.2) is 17.0 Å². The fourth-order valence-electron chi connectivity index (χ4n) is 2.44. The highest BCUT2D eigenvalue weighted by atomic mass is 32.2. The van der Waals surface area contributed by atoms with Gasteiger partial charge in [0.2, 0.25) is 0 Å². The molecule has 2 aromatic rings. The molecule has 1 fully saturated rings. The molecule has 1 atom stereocenters. The highest BCUT2D eigenvalue weighted by Gasteiger charge is 2.31. The van der Waals surface area contributed by atoms with E-state index < -0.39 is 12.1 Å². The van der Waals surface area contributed by atoms with Gasteiger partial charge in [0, 0.05) is 12.7 Å². The average molecular weight is 321 g/mol. The van der Waals surface area contributed by atoms with Crippen molar-refractivity contribution in [2.24, 2.45) is 0 Å². The van der Waals surface area contributed by atoms with Crippen molar-refractivity contribution < 1.29 is 19.4 Å². The van der Waals surface area contributed by atoms with Gasteiger partial charge in [-0.2, -0.15) is 0 Å². The standard InChI is InChI=1S/C14H15N3O4S/c1-22-14-15-11(9-4-2-3-5-17(9)14)12(18)16-6-7-21-10(8-16)13(19)20/h2-5,10H,6-8H2,1H3,(H,19,20). The van der Waals surface area contributed by atoms with Gasteiger partial charge in [-0.05, 0) is 18.4 Å². The van der Waals surface area contributed by atoms with Gasteiger partial charge < -0.3 is 14.7 Å². The lowest BCUT2D eigenvalue weighted by atomic mass is 10.2. The minimum Gasteiger partial charge on any atom is -0.479 e. The van der Waals surface area contributed by atoms with Crippen molar-refractivity contribution in [2.45, 2.75) is 11.3 Å². The molecule has 1 N–H and O–H groups in total. The number of hydrogen-bond donors (Lipinski definition) is 1. The van der Waals surface area contributed by atoms with Crippen LogP contribution >= 0.6 is 11.8 Å². The summed E-state index contributed by atoms with van der Waals surface area (Å²) in [7, 11) is 0. The summed E-state index contributed by atoms with van der Waals surface area (Å²) in [5, 5.41) is 9.76. The molecule has 2 aromatic heterocycles. The number of thioether (sulfide) groups is 1. The monoisotopic (exact) mass is 321 g/mol. The van der Waals surface area contributed by atoms with Gasteiger partial charge in [0.1, 0.15) is 0 Å². The van der Waals surface area contributed by atoms with Crippen LogP contribution in [0.3, 0.4) is 0 Å². The summed E-state index contributed by atoms with van der Waals surface area (Å²) >= 11 is 1.45. The molecule has 1 amide bonds. The molecule has 1 unspecified atom stereocenters. The van der Waals surface area contributed by atoms with Crippen molar-refractivity contribution in [1.82, 2.24) is 14.3 Å². The molecule has 0 bridgehead atoms. The Balaban J connectivity index is 1.94. The summed E-state index contributed by atoms with van der Waals surface area (Å²) < 4.78 is 7.00. The van der Waals surface area contributed by atoms with Crippen molar-refractivity contribution in [3.8, 4) is 0 Å². The van der Waals surface area contributed by atoms with Crippen molar-refractivity contribution in [3.05, 3.63) is 30.1 Å². The van der Waals surface area contributed by atoms with Crippen LogP contribution < -0.4 is 0 Å². The maximum atomic E-state index is 12.7. The fraction of sp³-hybridized carbons (Fsp3) is 0.357. The first-order valence-electron chi connectivity index (χ1n) is 6.76. The number of amides is 1. The first-order chi connectivity index (χ1) is 10.6. The van der Waals surface area contributed by atoms with E-state index in [4.69, 9.17) is 9.84 Å². The second-order valence-corrected chi connectivity index (χ2v) is 5.63. The summed E-state index contributed by atoms with van der Waals surface area (Å²) in [5.41, 5.74) is 1.06. The van der Waals surface area contributed by atoms with Gasteiger partial charge in [0.05, 0.1) is 18.7 Å². The lowest BCUT2D eigenvalue weighted by Crippen LogP contribution is -2.48. The number of hydrogen-bond acceptors (Lipinski definition) is 5. The second kappa shape index (κ2) is 5.98. The third-order valence-corrected chi connectivity index (χ3v) is 4.18. The number of nitrogens with zero attached hydrogens (tertiary/aromatic N) is 3. The number of pyridine rings is 1. The third-order valence-electron chi connectivity index (χ3n) is 3.53. The fourth-order valence-corrected chi connectivity index (χ4v) is 2.98. The Bertz CT molecular complexity index is 730. The topological polar surface area (TPSA) is 84.1 Å². The Morgan fingerprint density at radius 2 is 2.27 bits per heavy atom. The summed E-state index contributed by atoms with van der Waals surface area (Å²) in [4.78, 5) is 29.6. The van der Waals surface area contributed by atoms with E-state index in [2.05, 4.69) is 4.98 Å². The zero-order valence-electron chi connectivity index (χ0n) is 11.9. The zero-order chi connectivity index (χ0) is 15.7. The molecule has 3 heterocycles. The molecule has 3 rings (SSSR count). The van der Waals surface area contributed by atoms with E-state index in [-0.39, 0.29) is 19.1 Å². The van der Waals surface area contributed by atoms with E-state index in [0.29, 0.717) is 12.2 Å². The van der Waals surface area contributed by atoms with Gasteiger partial charge in [-0.15, -0.1) is 0 Å².